The fourth-order valence-electron chi connectivity index (χ4n) is 2.92. The second-order valence-electron chi connectivity index (χ2n) is 5.78. The van der Waals surface area contributed by atoms with Gasteiger partial charge in [0.2, 0.25) is 0 Å². The Labute approximate surface area is 122 Å². The predicted octanol–water partition coefficient (Wildman–Crippen LogP) is 4.42. The first-order valence-corrected chi connectivity index (χ1v) is 7.51. The van der Waals surface area contributed by atoms with Crippen LogP contribution in [0.3, 0.4) is 0 Å². The largest absolute Gasteiger partial charge is 0.378 e. The van der Waals surface area contributed by atoms with Crippen molar-refractivity contribution in [2.24, 2.45) is 11.1 Å². The van der Waals surface area contributed by atoms with E-state index in [4.69, 9.17) is 17.3 Å². The van der Waals surface area contributed by atoms with E-state index in [0.717, 1.165) is 21.6 Å². The molecular weight excluding hydrogens is 312 g/mol. The van der Waals surface area contributed by atoms with Crippen molar-refractivity contribution in [1.29, 1.82) is 0 Å². The first-order valence-electron chi connectivity index (χ1n) is 6.33. The summed E-state index contributed by atoms with van der Waals surface area (Å²) in [4.78, 5) is 0. The van der Waals surface area contributed by atoms with Gasteiger partial charge in [-0.1, -0.05) is 31.9 Å². The van der Waals surface area contributed by atoms with Gasteiger partial charge in [0.25, 0.3) is 0 Å². The van der Waals surface area contributed by atoms with Crippen molar-refractivity contribution in [2.75, 3.05) is 11.9 Å². The van der Waals surface area contributed by atoms with E-state index >= 15 is 0 Å². The summed E-state index contributed by atoms with van der Waals surface area (Å²) < 4.78 is 0.919. The molecule has 0 heterocycles. The minimum Gasteiger partial charge on any atom is -0.378 e. The Bertz CT molecular complexity index is 447. The lowest BCUT2D eigenvalue weighted by atomic mass is 9.74. The predicted molar refractivity (Wildman–Crippen MR) is 82.2 cm³/mol. The van der Waals surface area contributed by atoms with E-state index in [1.807, 2.05) is 18.2 Å². The second kappa shape index (κ2) is 5.03. The third-order valence-corrected chi connectivity index (χ3v) is 5.58. The van der Waals surface area contributed by atoms with Crippen LogP contribution >= 0.6 is 27.5 Å². The van der Waals surface area contributed by atoms with Gasteiger partial charge in [-0.25, -0.2) is 0 Å². The first kappa shape index (κ1) is 14.2. The number of benzene rings is 1. The summed E-state index contributed by atoms with van der Waals surface area (Å²) >= 11 is 9.55. The highest BCUT2D eigenvalue weighted by Crippen LogP contribution is 2.47. The number of rotatable bonds is 3. The van der Waals surface area contributed by atoms with Crippen LogP contribution < -0.4 is 11.1 Å². The van der Waals surface area contributed by atoms with Gasteiger partial charge < -0.3 is 11.1 Å². The Morgan fingerprint density at radius 2 is 2.11 bits per heavy atom. The molecular formula is C14H20BrClN2. The van der Waals surface area contributed by atoms with Crippen molar-refractivity contribution >= 4 is 33.2 Å². The molecule has 100 valence electrons. The minimum absolute atomic E-state index is 0.0237. The smallest absolute Gasteiger partial charge is 0.0568 e. The molecule has 0 spiro atoms. The number of anilines is 1. The van der Waals surface area contributed by atoms with E-state index in [2.05, 4.69) is 35.1 Å². The molecule has 1 aromatic carbocycles. The zero-order chi connectivity index (χ0) is 13.4. The van der Waals surface area contributed by atoms with Crippen molar-refractivity contribution in [2.45, 2.75) is 38.6 Å². The number of hydrogen-bond acceptors (Lipinski definition) is 2. The monoisotopic (exact) mass is 330 g/mol. The summed E-state index contributed by atoms with van der Waals surface area (Å²) in [7, 11) is 0. The average Bonchev–Trinajstić information content (AvgIpc) is 2.60. The molecule has 18 heavy (non-hydrogen) atoms. The zero-order valence-corrected chi connectivity index (χ0v) is 13.2. The second-order valence-corrected chi connectivity index (χ2v) is 7.04. The molecule has 1 aliphatic carbocycles. The van der Waals surface area contributed by atoms with E-state index in [1.165, 1.54) is 12.8 Å². The molecule has 0 aromatic heterocycles. The maximum absolute atomic E-state index is 6.14. The lowest BCUT2D eigenvalue weighted by molar-refractivity contribution is 0.239. The van der Waals surface area contributed by atoms with Crippen LogP contribution in [0.25, 0.3) is 0 Å². The number of halogens is 2. The molecule has 1 saturated carbocycles. The molecule has 0 aliphatic heterocycles. The zero-order valence-electron chi connectivity index (χ0n) is 10.9. The van der Waals surface area contributed by atoms with Crippen LogP contribution in [-0.4, -0.2) is 12.1 Å². The average molecular weight is 332 g/mol. The standard InChI is InChI=1S/C14H20BrClN2/c1-13(2)6-3-7-14(13,9-17)18-10-4-5-11(15)12(16)8-10/h4-5,8,18H,3,6-7,9,17H2,1-2H3. The molecule has 1 fully saturated rings. The van der Waals surface area contributed by atoms with Gasteiger partial charge in [0.15, 0.2) is 0 Å². The lowest BCUT2D eigenvalue weighted by Crippen LogP contribution is -2.53. The van der Waals surface area contributed by atoms with Gasteiger partial charge in [-0.3, -0.25) is 0 Å². The maximum atomic E-state index is 6.14. The van der Waals surface area contributed by atoms with Gasteiger partial charge in [-0.05, 0) is 52.4 Å². The highest BCUT2D eigenvalue weighted by atomic mass is 79.9. The number of nitrogens with two attached hydrogens (primary N) is 1. The van der Waals surface area contributed by atoms with Gasteiger partial charge in [0.1, 0.15) is 0 Å². The normalized spacial score (nSPS) is 26.3. The molecule has 3 N–H and O–H groups in total. The van der Waals surface area contributed by atoms with Crippen molar-refractivity contribution < 1.29 is 0 Å². The van der Waals surface area contributed by atoms with E-state index < -0.39 is 0 Å². The van der Waals surface area contributed by atoms with Gasteiger partial charge in [-0.15, -0.1) is 0 Å². The Hall–Kier alpha value is -0.250. The van der Waals surface area contributed by atoms with E-state index in [0.29, 0.717) is 6.54 Å². The van der Waals surface area contributed by atoms with Crippen molar-refractivity contribution in [3.8, 4) is 0 Å². The van der Waals surface area contributed by atoms with Crippen LogP contribution in [0.5, 0.6) is 0 Å². The molecule has 1 aliphatic rings. The van der Waals surface area contributed by atoms with Gasteiger partial charge in [0.05, 0.1) is 10.6 Å². The fraction of sp³-hybridized carbons (Fsp3) is 0.571. The molecule has 1 unspecified atom stereocenters. The highest BCUT2D eigenvalue weighted by Gasteiger charge is 2.47. The van der Waals surface area contributed by atoms with E-state index in [-0.39, 0.29) is 11.0 Å². The summed E-state index contributed by atoms with van der Waals surface area (Å²) in [6.07, 6.45) is 3.55. The molecule has 0 amide bonds. The summed E-state index contributed by atoms with van der Waals surface area (Å²) in [5.74, 6) is 0. The van der Waals surface area contributed by atoms with Crippen LogP contribution in [-0.2, 0) is 0 Å². The molecule has 0 radical (unpaired) electrons. The summed E-state index contributed by atoms with van der Waals surface area (Å²) in [5, 5.41) is 4.36. The first-order chi connectivity index (χ1) is 8.40. The number of hydrogen-bond donors (Lipinski definition) is 2. The van der Waals surface area contributed by atoms with Crippen LogP contribution in [0.15, 0.2) is 22.7 Å². The maximum Gasteiger partial charge on any atom is 0.0568 e. The topological polar surface area (TPSA) is 38.0 Å². The molecule has 1 atom stereocenters. The van der Waals surface area contributed by atoms with Gasteiger partial charge in [0, 0.05) is 16.7 Å². The Kier molecular flexibility index (Phi) is 3.96. The Morgan fingerprint density at radius 3 is 2.61 bits per heavy atom. The fourth-order valence-corrected chi connectivity index (χ4v) is 3.35. The number of nitrogens with one attached hydrogen (secondary N) is 1. The Balaban J connectivity index is 2.28. The summed E-state index contributed by atoms with van der Waals surface area (Å²) in [6.45, 7) is 5.23. The highest BCUT2D eigenvalue weighted by molar-refractivity contribution is 9.10. The minimum atomic E-state index is -0.0237. The van der Waals surface area contributed by atoms with Crippen molar-refractivity contribution in [1.82, 2.24) is 0 Å². The molecule has 2 rings (SSSR count). The van der Waals surface area contributed by atoms with Crippen LogP contribution in [0.4, 0.5) is 5.69 Å². The molecule has 0 bridgehead atoms. The third-order valence-electron chi connectivity index (χ3n) is 4.35. The molecule has 4 heteroatoms. The SMILES string of the molecule is CC1(C)CCCC1(CN)Nc1ccc(Br)c(Cl)c1. The van der Waals surface area contributed by atoms with Crippen molar-refractivity contribution in [3.63, 3.8) is 0 Å². The van der Waals surface area contributed by atoms with E-state index in [9.17, 15) is 0 Å². The molecule has 1 aromatic rings. The van der Waals surface area contributed by atoms with Crippen LogP contribution in [0.1, 0.15) is 33.1 Å². The van der Waals surface area contributed by atoms with E-state index in [1.54, 1.807) is 0 Å². The van der Waals surface area contributed by atoms with Crippen LogP contribution in [0, 0.1) is 5.41 Å². The Morgan fingerprint density at radius 1 is 1.39 bits per heavy atom. The lowest BCUT2D eigenvalue weighted by Gasteiger charge is -2.42. The molecule has 2 nitrogen and oxygen atoms in total. The van der Waals surface area contributed by atoms with Gasteiger partial charge >= 0.3 is 0 Å². The summed E-state index contributed by atoms with van der Waals surface area (Å²) in [6, 6.07) is 5.97. The van der Waals surface area contributed by atoms with Crippen molar-refractivity contribution in [3.05, 3.63) is 27.7 Å². The quantitative estimate of drug-likeness (QED) is 0.860. The van der Waals surface area contributed by atoms with Crippen LogP contribution in [0.2, 0.25) is 5.02 Å². The summed E-state index contributed by atoms with van der Waals surface area (Å²) in [5.41, 5.74) is 7.29. The van der Waals surface area contributed by atoms with Gasteiger partial charge in [-0.2, -0.15) is 0 Å². The molecule has 0 saturated heterocycles. The third kappa shape index (κ3) is 2.40.